The summed E-state index contributed by atoms with van der Waals surface area (Å²) in [7, 11) is 0. The van der Waals surface area contributed by atoms with Crippen molar-refractivity contribution >= 4 is 22.7 Å². The minimum atomic E-state index is -0.246. The minimum absolute atomic E-state index is 0.192. The van der Waals surface area contributed by atoms with E-state index in [2.05, 4.69) is 15.3 Å². The summed E-state index contributed by atoms with van der Waals surface area (Å²) >= 11 is 0. The van der Waals surface area contributed by atoms with Crippen LogP contribution >= 0.6 is 0 Å². The van der Waals surface area contributed by atoms with E-state index in [0.29, 0.717) is 11.4 Å². The summed E-state index contributed by atoms with van der Waals surface area (Å²) in [5.41, 5.74) is 7.07. The van der Waals surface area contributed by atoms with E-state index in [-0.39, 0.29) is 17.8 Å². The third-order valence-electron chi connectivity index (χ3n) is 3.35. The molecule has 0 radical (unpaired) electrons. The van der Waals surface area contributed by atoms with Gasteiger partial charge in [0.1, 0.15) is 11.6 Å². The molecule has 3 aromatic rings. The van der Waals surface area contributed by atoms with Gasteiger partial charge in [-0.2, -0.15) is 4.98 Å². The van der Waals surface area contributed by atoms with Gasteiger partial charge in [-0.15, -0.1) is 0 Å². The normalized spacial score (nSPS) is 12.3. The Kier molecular flexibility index (Phi) is 3.39. The van der Waals surface area contributed by atoms with Crippen molar-refractivity contribution in [2.75, 3.05) is 11.1 Å². The van der Waals surface area contributed by atoms with E-state index in [1.54, 1.807) is 12.1 Å². The number of rotatable bonds is 3. The largest absolute Gasteiger partial charge is 0.368 e. The third kappa shape index (κ3) is 2.63. The summed E-state index contributed by atoms with van der Waals surface area (Å²) in [6, 6.07) is 14.0. The Morgan fingerprint density at radius 3 is 2.57 bits per heavy atom. The van der Waals surface area contributed by atoms with Crippen molar-refractivity contribution in [3.05, 3.63) is 59.9 Å². The lowest BCUT2D eigenvalue weighted by molar-refractivity contribution is 0.600. The van der Waals surface area contributed by atoms with Gasteiger partial charge >= 0.3 is 0 Å². The lowest BCUT2D eigenvalue weighted by Gasteiger charge is -2.17. The first-order valence-electron chi connectivity index (χ1n) is 6.68. The zero-order chi connectivity index (χ0) is 14.8. The standard InChI is InChI=1S/C16H15FN4/c1-10(11-6-2-4-8-13(11)17)19-15-12-7-3-5-9-14(12)20-16(18)21-15/h2-10H,1H3,(H3,18,19,20,21). The van der Waals surface area contributed by atoms with E-state index >= 15 is 0 Å². The molecule has 0 aliphatic rings. The van der Waals surface area contributed by atoms with Gasteiger partial charge in [0.15, 0.2) is 0 Å². The van der Waals surface area contributed by atoms with E-state index in [0.717, 1.165) is 10.9 Å². The molecule has 106 valence electrons. The average Bonchev–Trinajstić information content (AvgIpc) is 2.47. The number of nitrogens with two attached hydrogens (primary N) is 1. The molecule has 5 heteroatoms. The van der Waals surface area contributed by atoms with Crippen LogP contribution in [0.3, 0.4) is 0 Å². The molecule has 4 nitrogen and oxygen atoms in total. The molecule has 0 bridgehead atoms. The number of hydrogen-bond acceptors (Lipinski definition) is 4. The van der Waals surface area contributed by atoms with Crippen molar-refractivity contribution in [1.82, 2.24) is 9.97 Å². The molecule has 3 rings (SSSR count). The van der Waals surface area contributed by atoms with E-state index in [4.69, 9.17) is 5.73 Å². The lowest BCUT2D eigenvalue weighted by Crippen LogP contribution is -2.11. The Bertz CT molecular complexity index is 788. The van der Waals surface area contributed by atoms with Crippen LogP contribution < -0.4 is 11.1 Å². The number of benzene rings is 2. The Labute approximate surface area is 121 Å². The first kappa shape index (κ1) is 13.3. The zero-order valence-electron chi connectivity index (χ0n) is 11.5. The number of nitrogens with one attached hydrogen (secondary N) is 1. The fourth-order valence-electron chi connectivity index (χ4n) is 2.31. The van der Waals surface area contributed by atoms with Crippen molar-refractivity contribution < 1.29 is 4.39 Å². The van der Waals surface area contributed by atoms with E-state index in [1.165, 1.54) is 6.07 Å². The lowest BCUT2D eigenvalue weighted by atomic mass is 10.1. The molecule has 1 heterocycles. The summed E-state index contributed by atoms with van der Waals surface area (Å²) in [6.45, 7) is 1.88. The highest BCUT2D eigenvalue weighted by molar-refractivity contribution is 5.90. The monoisotopic (exact) mass is 282 g/mol. The van der Waals surface area contributed by atoms with Gasteiger partial charge in [0, 0.05) is 10.9 Å². The Balaban J connectivity index is 2.00. The van der Waals surface area contributed by atoms with Crippen LogP contribution in [0.5, 0.6) is 0 Å². The van der Waals surface area contributed by atoms with Crippen LogP contribution in [0.2, 0.25) is 0 Å². The molecule has 21 heavy (non-hydrogen) atoms. The number of fused-ring (bicyclic) bond motifs is 1. The average molecular weight is 282 g/mol. The molecule has 1 aromatic heterocycles. The number of aromatic nitrogens is 2. The molecule has 0 saturated heterocycles. The van der Waals surface area contributed by atoms with Crippen LogP contribution in [0.25, 0.3) is 10.9 Å². The summed E-state index contributed by atoms with van der Waals surface area (Å²) in [6.07, 6.45) is 0. The number of hydrogen-bond donors (Lipinski definition) is 2. The second-order valence-electron chi connectivity index (χ2n) is 4.84. The zero-order valence-corrected chi connectivity index (χ0v) is 11.5. The highest BCUT2D eigenvalue weighted by Gasteiger charge is 2.13. The molecular formula is C16H15FN4. The van der Waals surface area contributed by atoms with Gasteiger partial charge in [0.2, 0.25) is 5.95 Å². The van der Waals surface area contributed by atoms with Crippen LogP contribution in [0.1, 0.15) is 18.5 Å². The maximum atomic E-state index is 13.8. The number of para-hydroxylation sites is 1. The second kappa shape index (κ2) is 5.36. The summed E-state index contributed by atoms with van der Waals surface area (Å²) in [5, 5.41) is 4.07. The maximum absolute atomic E-state index is 13.8. The summed E-state index contributed by atoms with van der Waals surface area (Å²) < 4.78 is 13.8. The van der Waals surface area contributed by atoms with E-state index in [1.807, 2.05) is 37.3 Å². The predicted molar refractivity (Wildman–Crippen MR) is 82.4 cm³/mol. The molecule has 2 aromatic carbocycles. The highest BCUT2D eigenvalue weighted by atomic mass is 19.1. The van der Waals surface area contributed by atoms with Gasteiger partial charge < -0.3 is 11.1 Å². The maximum Gasteiger partial charge on any atom is 0.222 e. The van der Waals surface area contributed by atoms with Gasteiger partial charge in [0.25, 0.3) is 0 Å². The quantitative estimate of drug-likeness (QED) is 0.771. The summed E-state index contributed by atoms with van der Waals surface area (Å²) in [5.74, 6) is 0.551. The number of anilines is 2. The van der Waals surface area contributed by atoms with Crippen molar-refractivity contribution in [3.8, 4) is 0 Å². The number of nitrogens with zero attached hydrogens (tertiary/aromatic N) is 2. The Morgan fingerprint density at radius 2 is 1.76 bits per heavy atom. The SMILES string of the molecule is CC(Nc1nc(N)nc2ccccc12)c1ccccc1F. The Hall–Kier alpha value is -2.69. The van der Waals surface area contributed by atoms with Gasteiger partial charge in [-0.05, 0) is 25.1 Å². The molecule has 0 aliphatic heterocycles. The van der Waals surface area contributed by atoms with Gasteiger partial charge in [0.05, 0.1) is 11.6 Å². The van der Waals surface area contributed by atoms with Gasteiger partial charge in [-0.3, -0.25) is 0 Å². The Morgan fingerprint density at radius 1 is 1.05 bits per heavy atom. The smallest absolute Gasteiger partial charge is 0.222 e. The second-order valence-corrected chi connectivity index (χ2v) is 4.84. The van der Waals surface area contributed by atoms with Gasteiger partial charge in [-0.1, -0.05) is 30.3 Å². The molecule has 1 atom stereocenters. The molecule has 0 saturated carbocycles. The minimum Gasteiger partial charge on any atom is -0.368 e. The molecular weight excluding hydrogens is 267 g/mol. The molecule has 0 fully saturated rings. The summed E-state index contributed by atoms with van der Waals surface area (Å²) in [4.78, 5) is 8.42. The molecule has 1 unspecified atom stereocenters. The van der Waals surface area contributed by atoms with E-state index < -0.39 is 0 Å². The number of nitrogen functional groups attached to an aromatic ring is 1. The highest BCUT2D eigenvalue weighted by Crippen LogP contribution is 2.26. The van der Waals surface area contributed by atoms with Crippen LogP contribution in [0.15, 0.2) is 48.5 Å². The topological polar surface area (TPSA) is 63.8 Å². The third-order valence-corrected chi connectivity index (χ3v) is 3.35. The van der Waals surface area contributed by atoms with Crippen LogP contribution in [0.4, 0.5) is 16.2 Å². The first-order valence-corrected chi connectivity index (χ1v) is 6.68. The van der Waals surface area contributed by atoms with Crippen molar-refractivity contribution in [2.45, 2.75) is 13.0 Å². The molecule has 0 amide bonds. The molecule has 0 aliphatic carbocycles. The first-order chi connectivity index (χ1) is 10.1. The van der Waals surface area contributed by atoms with Crippen LogP contribution in [-0.4, -0.2) is 9.97 Å². The predicted octanol–water partition coefficient (Wildman–Crippen LogP) is 3.52. The number of halogens is 1. The fraction of sp³-hybridized carbons (Fsp3) is 0.125. The van der Waals surface area contributed by atoms with Crippen molar-refractivity contribution in [3.63, 3.8) is 0 Å². The fourth-order valence-corrected chi connectivity index (χ4v) is 2.31. The van der Waals surface area contributed by atoms with Crippen molar-refractivity contribution in [2.24, 2.45) is 0 Å². The van der Waals surface area contributed by atoms with Crippen LogP contribution in [-0.2, 0) is 0 Å². The van der Waals surface area contributed by atoms with Crippen molar-refractivity contribution in [1.29, 1.82) is 0 Å². The van der Waals surface area contributed by atoms with Gasteiger partial charge in [-0.25, -0.2) is 9.37 Å². The molecule has 3 N–H and O–H groups in total. The van der Waals surface area contributed by atoms with Crippen LogP contribution in [0, 0.1) is 5.82 Å². The van der Waals surface area contributed by atoms with E-state index in [9.17, 15) is 4.39 Å². The molecule has 0 spiro atoms.